The predicted octanol–water partition coefficient (Wildman–Crippen LogP) is 4.02. The molecule has 0 heterocycles. The Morgan fingerprint density at radius 1 is 0.882 bits per heavy atom. The summed E-state index contributed by atoms with van der Waals surface area (Å²) in [6, 6.07) is 0. The SMILES string of the molecule is C/C=C\C(=O)CCCCCCCCCCCO. The third-order valence-electron chi connectivity index (χ3n) is 2.93. The van der Waals surface area contributed by atoms with Crippen molar-refractivity contribution in [2.24, 2.45) is 0 Å². The molecule has 0 rings (SSSR count). The van der Waals surface area contributed by atoms with Crippen LogP contribution in [0.2, 0.25) is 0 Å². The van der Waals surface area contributed by atoms with Gasteiger partial charge >= 0.3 is 0 Å². The summed E-state index contributed by atoms with van der Waals surface area (Å²) in [6.07, 6.45) is 14.9. The molecule has 2 nitrogen and oxygen atoms in total. The molecule has 0 aromatic carbocycles. The van der Waals surface area contributed by atoms with Crippen molar-refractivity contribution in [2.75, 3.05) is 6.61 Å². The molecule has 100 valence electrons. The van der Waals surface area contributed by atoms with Gasteiger partial charge in [0.25, 0.3) is 0 Å². The summed E-state index contributed by atoms with van der Waals surface area (Å²) in [6.45, 7) is 2.22. The van der Waals surface area contributed by atoms with Crippen LogP contribution in [0.1, 0.15) is 71.1 Å². The van der Waals surface area contributed by atoms with Crippen LogP contribution in [0.15, 0.2) is 12.2 Å². The smallest absolute Gasteiger partial charge is 0.155 e. The minimum Gasteiger partial charge on any atom is -0.396 e. The maximum Gasteiger partial charge on any atom is 0.155 e. The third-order valence-corrected chi connectivity index (χ3v) is 2.93. The van der Waals surface area contributed by atoms with Gasteiger partial charge in [-0.15, -0.1) is 0 Å². The molecule has 0 aliphatic heterocycles. The summed E-state index contributed by atoms with van der Waals surface area (Å²) >= 11 is 0. The Balaban J connectivity index is 3.06. The van der Waals surface area contributed by atoms with Crippen LogP contribution in [-0.2, 0) is 4.79 Å². The van der Waals surface area contributed by atoms with Crippen LogP contribution in [0.5, 0.6) is 0 Å². The summed E-state index contributed by atoms with van der Waals surface area (Å²) in [5.74, 6) is 0.261. The summed E-state index contributed by atoms with van der Waals surface area (Å²) in [5, 5.41) is 8.62. The topological polar surface area (TPSA) is 37.3 Å². The Kier molecular flexibility index (Phi) is 12.9. The first kappa shape index (κ1) is 16.4. The molecule has 2 heteroatoms. The van der Waals surface area contributed by atoms with E-state index in [1.807, 2.05) is 13.0 Å². The number of hydrogen-bond donors (Lipinski definition) is 1. The number of carbonyl (C=O) groups excluding carboxylic acids is 1. The normalized spacial score (nSPS) is 11.2. The van der Waals surface area contributed by atoms with Crippen LogP contribution in [0, 0.1) is 0 Å². The number of unbranched alkanes of at least 4 members (excludes halogenated alkanes) is 8. The highest BCUT2D eigenvalue weighted by Gasteiger charge is 1.96. The molecular weight excluding hydrogens is 212 g/mol. The van der Waals surface area contributed by atoms with Crippen molar-refractivity contribution in [2.45, 2.75) is 71.1 Å². The van der Waals surface area contributed by atoms with E-state index < -0.39 is 0 Å². The lowest BCUT2D eigenvalue weighted by molar-refractivity contribution is -0.114. The summed E-state index contributed by atoms with van der Waals surface area (Å²) in [5.41, 5.74) is 0. The first-order chi connectivity index (χ1) is 8.31. The number of hydrogen-bond acceptors (Lipinski definition) is 2. The maximum atomic E-state index is 11.2. The lowest BCUT2D eigenvalue weighted by Gasteiger charge is -2.01. The molecule has 0 fully saturated rings. The Morgan fingerprint density at radius 2 is 1.35 bits per heavy atom. The molecule has 0 amide bonds. The van der Waals surface area contributed by atoms with E-state index in [0.29, 0.717) is 13.0 Å². The van der Waals surface area contributed by atoms with Crippen molar-refractivity contribution in [3.63, 3.8) is 0 Å². The van der Waals surface area contributed by atoms with Crippen LogP contribution < -0.4 is 0 Å². The Morgan fingerprint density at radius 3 is 1.82 bits per heavy atom. The molecule has 1 N–H and O–H groups in total. The van der Waals surface area contributed by atoms with Gasteiger partial charge in [-0.2, -0.15) is 0 Å². The highest BCUT2D eigenvalue weighted by molar-refractivity contribution is 5.89. The lowest BCUT2D eigenvalue weighted by atomic mass is 10.1. The molecule has 0 unspecified atom stereocenters. The van der Waals surface area contributed by atoms with Crippen molar-refractivity contribution in [3.05, 3.63) is 12.2 Å². The minimum absolute atomic E-state index is 0.261. The molecule has 0 radical (unpaired) electrons. The molecule has 0 saturated heterocycles. The van der Waals surface area contributed by atoms with Gasteiger partial charge in [0.05, 0.1) is 0 Å². The molecule has 0 aliphatic carbocycles. The second-order valence-electron chi connectivity index (χ2n) is 4.62. The van der Waals surface area contributed by atoms with Gasteiger partial charge in [0.1, 0.15) is 0 Å². The second-order valence-corrected chi connectivity index (χ2v) is 4.62. The molecule has 0 aromatic heterocycles. The number of aliphatic hydroxyl groups is 1. The summed E-state index contributed by atoms with van der Waals surface area (Å²) in [7, 11) is 0. The van der Waals surface area contributed by atoms with Gasteiger partial charge in [-0.05, 0) is 25.8 Å². The monoisotopic (exact) mass is 240 g/mol. The molecular formula is C15H28O2. The number of aliphatic hydroxyl groups excluding tert-OH is 1. The third kappa shape index (κ3) is 13.3. The average molecular weight is 240 g/mol. The van der Waals surface area contributed by atoms with Crippen LogP contribution in [0.3, 0.4) is 0 Å². The fourth-order valence-corrected chi connectivity index (χ4v) is 1.92. The number of ketones is 1. The minimum atomic E-state index is 0.261. The van der Waals surface area contributed by atoms with E-state index in [1.165, 1.54) is 38.5 Å². The fourth-order valence-electron chi connectivity index (χ4n) is 1.92. The second kappa shape index (κ2) is 13.4. The van der Waals surface area contributed by atoms with E-state index in [4.69, 9.17) is 5.11 Å². The van der Waals surface area contributed by atoms with Gasteiger partial charge in [0, 0.05) is 13.0 Å². The molecule has 17 heavy (non-hydrogen) atoms. The Hall–Kier alpha value is -0.630. The van der Waals surface area contributed by atoms with Gasteiger partial charge in [0.2, 0.25) is 0 Å². The van der Waals surface area contributed by atoms with Gasteiger partial charge in [-0.3, -0.25) is 4.79 Å². The molecule has 0 saturated carbocycles. The molecule has 0 aromatic rings. The molecule has 0 spiro atoms. The zero-order chi connectivity index (χ0) is 12.8. The van der Waals surface area contributed by atoms with E-state index in [1.54, 1.807) is 6.08 Å². The lowest BCUT2D eigenvalue weighted by Crippen LogP contribution is -1.91. The zero-order valence-electron chi connectivity index (χ0n) is 11.3. The van der Waals surface area contributed by atoms with E-state index in [0.717, 1.165) is 19.3 Å². The number of rotatable bonds is 12. The maximum absolute atomic E-state index is 11.2. The molecule has 0 aliphatic rings. The van der Waals surface area contributed by atoms with Crippen LogP contribution >= 0.6 is 0 Å². The largest absolute Gasteiger partial charge is 0.396 e. The van der Waals surface area contributed by atoms with E-state index in [2.05, 4.69) is 0 Å². The standard InChI is InChI=1S/C15H28O2/c1-2-12-15(17)13-10-8-6-4-3-5-7-9-11-14-16/h2,12,16H,3-11,13-14H2,1H3/b12-2-. The molecule has 0 bridgehead atoms. The quantitative estimate of drug-likeness (QED) is 0.413. The Labute approximate surface area is 106 Å². The van der Waals surface area contributed by atoms with E-state index >= 15 is 0 Å². The predicted molar refractivity (Wildman–Crippen MR) is 73.1 cm³/mol. The van der Waals surface area contributed by atoms with E-state index in [9.17, 15) is 4.79 Å². The van der Waals surface area contributed by atoms with Gasteiger partial charge in [-0.1, -0.05) is 51.0 Å². The molecule has 0 atom stereocenters. The van der Waals surface area contributed by atoms with Gasteiger partial charge < -0.3 is 5.11 Å². The van der Waals surface area contributed by atoms with Gasteiger partial charge in [-0.25, -0.2) is 0 Å². The summed E-state index contributed by atoms with van der Waals surface area (Å²) < 4.78 is 0. The van der Waals surface area contributed by atoms with Crippen molar-refractivity contribution < 1.29 is 9.90 Å². The summed E-state index contributed by atoms with van der Waals surface area (Å²) in [4.78, 5) is 11.2. The van der Waals surface area contributed by atoms with Crippen molar-refractivity contribution >= 4 is 5.78 Å². The average Bonchev–Trinajstić information content (AvgIpc) is 2.32. The zero-order valence-corrected chi connectivity index (χ0v) is 11.3. The van der Waals surface area contributed by atoms with Crippen molar-refractivity contribution in [3.8, 4) is 0 Å². The van der Waals surface area contributed by atoms with Crippen LogP contribution in [0.25, 0.3) is 0 Å². The first-order valence-corrected chi connectivity index (χ1v) is 7.07. The van der Waals surface area contributed by atoms with Gasteiger partial charge in [0.15, 0.2) is 5.78 Å². The Bertz CT molecular complexity index is 197. The number of carbonyl (C=O) groups is 1. The van der Waals surface area contributed by atoms with Crippen molar-refractivity contribution in [1.29, 1.82) is 0 Å². The highest BCUT2D eigenvalue weighted by atomic mass is 16.2. The number of allylic oxidation sites excluding steroid dienone is 2. The fraction of sp³-hybridized carbons (Fsp3) is 0.800. The van der Waals surface area contributed by atoms with Crippen molar-refractivity contribution in [1.82, 2.24) is 0 Å². The first-order valence-electron chi connectivity index (χ1n) is 7.07. The van der Waals surface area contributed by atoms with E-state index in [-0.39, 0.29) is 5.78 Å². The van der Waals surface area contributed by atoms with Crippen LogP contribution in [0.4, 0.5) is 0 Å². The van der Waals surface area contributed by atoms with Crippen LogP contribution in [-0.4, -0.2) is 17.5 Å². The highest BCUT2D eigenvalue weighted by Crippen LogP contribution is 2.10.